The summed E-state index contributed by atoms with van der Waals surface area (Å²) in [6.07, 6.45) is 5.08. The van der Waals surface area contributed by atoms with Gasteiger partial charge in [-0.05, 0) is 19.5 Å². The molecule has 1 atom stereocenters. The van der Waals surface area contributed by atoms with Gasteiger partial charge in [-0.1, -0.05) is 24.8 Å². The lowest BCUT2D eigenvalue weighted by Crippen LogP contribution is -2.28. The second-order valence-electron chi connectivity index (χ2n) is 3.15. The smallest absolute Gasteiger partial charge is 0.180 e. The minimum Gasteiger partial charge on any atom is -0.312 e. The van der Waals surface area contributed by atoms with E-state index in [-0.39, 0.29) is 11.8 Å². The van der Waals surface area contributed by atoms with Crippen molar-refractivity contribution >= 4 is 9.84 Å². The molecule has 1 rings (SSSR count). The molecule has 1 N–H and O–H groups in total. The van der Waals surface area contributed by atoms with Crippen LogP contribution in [0.2, 0.25) is 0 Å². The number of sulfone groups is 1. The molecule has 0 amide bonds. The molecule has 0 aromatic heterocycles. The Morgan fingerprint density at radius 3 is 2.64 bits per heavy atom. The van der Waals surface area contributed by atoms with Gasteiger partial charge in [-0.3, -0.25) is 0 Å². The van der Waals surface area contributed by atoms with E-state index in [1.165, 1.54) is 6.08 Å². The Bertz CT molecular complexity index is 390. The van der Waals surface area contributed by atoms with Crippen molar-refractivity contribution in [2.75, 3.05) is 12.8 Å². The molecule has 78 valence electrons. The van der Waals surface area contributed by atoms with Crippen molar-refractivity contribution in [3.8, 4) is 0 Å². The van der Waals surface area contributed by atoms with Crippen molar-refractivity contribution < 1.29 is 8.42 Å². The van der Waals surface area contributed by atoms with Crippen LogP contribution in [0.25, 0.3) is 0 Å². The highest BCUT2D eigenvalue weighted by atomic mass is 32.2. The van der Waals surface area contributed by atoms with Gasteiger partial charge in [0.05, 0.1) is 10.7 Å². The maximum Gasteiger partial charge on any atom is 0.180 e. The zero-order chi connectivity index (χ0) is 10.8. The predicted octanol–water partition coefficient (Wildman–Crippen LogP) is 1.02. The molecule has 3 nitrogen and oxygen atoms in total. The van der Waals surface area contributed by atoms with Gasteiger partial charge < -0.3 is 5.32 Å². The molecule has 0 aliphatic carbocycles. The van der Waals surface area contributed by atoms with E-state index in [4.69, 9.17) is 0 Å². The third-order valence-corrected chi connectivity index (χ3v) is 4.11. The second-order valence-corrected chi connectivity index (χ2v) is 5.15. The quantitative estimate of drug-likeness (QED) is 0.761. The normalized spacial score (nSPS) is 26.0. The van der Waals surface area contributed by atoms with Crippen LogP contribution < -0.4 is 5.32 Å². The molecule has 0 saturated heterocycles. The molecule has 1 unspecified atom stereocenters. The van der Waals surface area contributed by atoms with Gasteiger partial charge in [0.25, 0.3) is 0 Å². The lowest BCUT2D eigenvalue weighted by molar-refractivity contribution is 0.598. The van der Waals surface area contributed by atoms with Crippen LogP contribution in [0.3, 0.4) is 0 Å². The van der Waals surface area contributed by atoms with Crippen LogP contribution in [0.15, 0.2) is 35.3 Å². The first-order valence-corrected chi connectivity index (χ1v) is 6.11. The van der Waals surface area contributed by atoms with E-state index in [0.717, 1.165) is 5.57 Å². The van der Waals surface area contributed by atoms with Gasteiger partial charge in [-0.2, -0.15) is 0 Å². The van der Waals surface area contributed by atoms with Crippen LogP contribution in [0.5, 0.6) is 0 Å². The molecule has 14 heavy (non-hydrogen) atoms. The van der Waals surface area contributed by atoms with Gasteiger partial charge in [0, 0.05) is 6.04 Å². The van der Waals surface area contributed by atoms with E-state index in [0.29, 0.717) is 4.91 Å². The summed E-state index contributed by atoms with van der Waals surface area (Å²) in [6.45, 7) is 5.41. The van der Waals surface area contributed by atoms with E-state index in [1.54, 1.807) is 7.05 Å². The fourth-order valence-electron chi connectivity index (χ4n) is 1.61. The van der Waals surface area contributed by atoms with Crippen LogP contribution in [0.1, 0.15) is 6.92 Å². The summed E-state index contributed by atoms with van der Waals surface area (Å²) < 4.78 is 23.3. The lowest BCUT2D eigenvalue weighted by Gasteiger charge is -2.08. The van der Waals surface area contributed by atoms with Gasteiger partial charge >= 0.3 is 0 Å². The molecular weight excluding hydrogens is 198 g/mol. The van der Waals surface area contributed by atoms with Crippen LogP contribution in [0.4, 0.5) is 0 Å². The summed E-state index contributed by atoms with van der Waals surface area (Å²) in [7, 11) is -1.36. The molecule has 0 radical (unpaired) electrons. The van der Waals surface area contributed by atoms with Crippen LogP contribution >= 0.6 is 0 Å². The molecule has 0 aromatic rings. The summed E-state index contributed by atoms with van der Waals surface area (Å²) in [4.78, 5) is 0.356. The summed E-state index contributed by atoms with van der Waals surface area (Å²) >= 11 is 0. The molecule has 1 aliphatic heterocycles. The van der Waals surface area contributed by atoms with Crippen LogP contribution in [-0.4, -0.2) is 27.3 Å². The van der Waals surface area contributed by atoms with Crippen molar-refractivity contribution in [1.29, 1.82) is 0 Å². The minimum atomic E-state index is -3.12. The largest absolute Gasteiger partial charge is 0.312 e. The highest BCUT2D eigenvalue weighted by Gasteiger charge is 2.33. The third kappa shape index (κ3) is 1.81. The van der Waals surface area contributed by atoms with E-state index < -0.39 is 9.84 Å². The molecule has 0 saturated carbocycles. The number of nitrogens with one attached hydrogen (secondary N) is 1. The monoisotopic (exact) mass is 213 g/mol. The van der Waals surface area contributed by atoms with Crippen molar-refractivity contribution in [3.05, 3.63) is 35.3 Å². The molecule has 0 fully saturated rings. The SMILES string of the molecule is C=CC1=C(/C=C\C)C(NC)CS1(=O)=O. The standard InChI is InChI=1S/C10H15NO2S/c1-4-6-8-9(11-3)7-14(12,13)10(8)5-2/h4-6,9,11H,2,7H2,1,3H3/b6-4-. The number of likely N-dealkylation sites (N-methyl/N-ethyl adjacent to an activating group) is 1. The lowest BCUT2D eigenvalue weighted by atomic mass is 10.1. The molecular formula is C10H15NO2S. The van der Waals surface area contributed by atoms with Crippen molar-refractivity contribution in [1.82, 2.24) is 5.32 Å². The zero-order valence-electron chi connectivity index (χ0n) is 8.45. The van der Waals surface area contributed by atoms with Crippen LogP contribution in [-0.2, 0) is 9.84 Å². The first-order chi connectivity index (χ1) is 6.56. The highest BCUT2D eigenvalue weighted by Crippen LogP contribution is 2.27. The third-order valence-electron chi connectivity index (χ3n) is 2.26. The van der Waals surface area contributed by atoms with E-state index in [1.807, 2.05) is 19.1 Å². The zero-order valence-corrected chi connectivity index (χ0v) is 9.26. The van der Waals surface area contributed by atoms with E-state index in [2.05, 4.69) is 11.9 Å². The van der Waals surface area contributed by atoms with Gasteiger partial charge in [-0.25, -0.2) is 8.42 Å². The summed E-state index contributed by atoms with van der Waals surface area (Å²) in [5.41, 5.74) is 0.810. The maximum absolute atomic E-state index is 11.6. The maximum atomic E-state index is 11.6. The average Bonchev–Trinajstić information content (AvgIpc) is 2.37. The Labute approximate surface area is 85.1 Å². The fraction of sp³-hybridized carbons (Fsp3) is 0.400. The number of hydrogen-bond donors (Lipinski definition) is 1. The first kappa shape index (κ1) is 11.2. The van der Waals surface area contributed by atoms with E-state index in [9.17, 15) is 8.42 Å². The van der Waals surface area contributed by atoms with Gasteiger partial charge in [-0.15, -0.1) is 0 Å². The topological polar surface area (TPSA) is 46.2 Å². The number of allylic oxidation sites excluding steroid dienone is 2. The highest BCUT2D eigenvalue weighted by molar-refractivity contribution is 7.95. The Hall–Kier alpha value is -0.870. The van der Waals surface area contributed by atoms with Gasteiger partial charge in [0.1, 0.15) is 0 Å². The summed E-state index contributed by atoms with van der Waals surface area (Å²) in [5, 5.41) is 2.98. The number of rotatable bonds is 3. The predicted molar refractivity (Wildman–Crippen MR) is 58.7 cm³/mol. The number of hydrogen-bond acceptors (Lipinski definition) is 3. The van der Waals surface area contributed by atoms with Crippen molar-refractivity contribution in [2.45, 2.75) is 13.0 Å². The fourth-order valence-corrected chi connectivity index (χ4v) is 3.40. The van der Waals surface area contributed by atoms with Gasteiger partial charge in [0.15, 0.2) is 9.84 Å². The van der Waals surface area contributed by atoms with E-state index >= 15 is 0 Å². The molecule has 1 heterocycles. The Morgan fingerprint density at radius 2 is 2.21 bits per heavy atom. The Morgan fingerprint density at radius 1 is 1.57 bits per heavy atom. The Balaban J connectivity index is 3.29. The van der Waals surface area contributed by atoms with Crippen molar-refractivity contribution in [3.63, 3.8) is 0 Å². The minimum absolute atomic E-state index is 0.107. The van der Waals surface area contributed by atoms with Crippen molar-refractivity contribution in [2.24, 2.45) is 0 Å². The molecule has 0 bridgehead atoms. The summed E-state index contributed by atoms with van der Waals surface area (Å²) in [5.74, 6) is 0.129. The second kappa shape index (κ2) is 4.11. The average molecular weight is 213 g/mol. The van der Waals surface area contributed by atoms with Crippen LogP contribution in [0, 0.1) is 0 Å². The first-order valence-electron chi connectivity index (χ1n) is 4.46. The molecule has 1 aliphatic rings. The molecule has 0 spiro atoms. The van der Waals surface area contributed by atoms with Gasteiger partial charge in [0.2, 0.25) is 0 Å². The Kier molecular flexibility index (Phi) is 3.29. The molecule has 4 heteroatoms. The summed E-state index contributed by atoms with van der Waals surface area (Å²) in [6, 6.07) is -0.107. The molecule has 0 aromatic carbocycles.